The first-order valence-electron chi connectivity index (χ1n) is 12.5. The van der Waals surface area contributed by atoms with Gasteiger partial charge in [-0.1, -0.05) is 12.1 Å². The van der Waals surface area contributed by atoms with Crippen molar-refractivity contribution < 1.29 is 27.4 Å². The Balaban J connectivity index is 1.67. The predicted octanol–water partition coefficient (Wildman–Crippen LogP) is 4.72. The van der Waals surface area contributed by atoms with Gasteiger partial charge in [0.2, 0.25) is 5.91 Å². The van der Waals surface area contributed by atoms with E-state index < -0.39 is 10.0 Å². The van der Waals surface area contributed by atoms with Crippen molar-refractivity contribution in [2.45, 2.75) is 44.0 Å². The average molecular weight is 539 g/mol. The molecule has 202 valence electrons. The molecular weight excluding hydrogens is 504 g/mol. The fraction of sp³-hybridized carbons (Fsp3) is 0.345. The lowest BCUT2D eigenvalue weighted by atomic mass is 9.87. The van der Waals surface area contributed by atoms with Crippen LogP contribution in [0.3, 0.4) is 0 Å². The highest BCUT2D eigenvalue weighted by Gasteiger charge is 2.30. The summed E-state index contributed by atoms with van der Waals surface area (Å²) in [5.41, 5.74) is 4.36. The average Bonchev–Trinajstić information content (AvgIpc) is 2.90. The number of fused-ring (bicyclic) bond motifs is 1. The summed E-state index contributed by atoms with van der Waals surface area (Å²) in [6, 6.07) is 15.5. The van der Waals surface area contributed by atoms with Gasteiger partial charge in [0.05, 0.1) is 38.0 Å². The van der Waals surface area contributed by atoms with Crippen molar-refractivity contribution in [2.75, 3.05) is 32.2 Å². The Morgan fingerprint density at radius 1 is 0.921 bits per heavy atom. The molecule has 0 heterocycles. The zero-order chi connectivity index (χ0) is 27.4. The third-order valence-electron chi connectivity index (χ3n) is 6.72. The van der Waals surface area contributed by atoms with Crippen LogP contribution in [0, 0.1) is 13.8 Å². The number of anilines is 1. The zero-order valence-corrected chi connectivity index (χ0v) is 23.2. The second-order valence-electron chi connectivity index (χ2n) is 9.45. The van der Waals surface area contributed by atoms with Gasteiger partial charge in [-0.25, -0.2) is 8.42 Å². The molecule has 3 aromatic rings. The van der Waals surface area contributed by atoms with Gasteiger partial charge >= 0.3 is 0 Å². The molecule has 0 fully saturated rings. The number of nitrogens with zero attached hydrogens (tertiary/aromatic N) is 1. The Bertz CT molecular complexity index is 1420. The van der Waals surface area contributed by atoms with E-state index in [9.17, 15) is 13.2 Å². The predicted molar refractivity (Wildman–Crippen MR) is 147 cm³/mol. The number of benzene rings is 3. The first-order chi connectivity index (χ1) is 18.2. The smallest absolute Gasteiger partial charge is 0.264 e. The minimum atomic E-state index is -4.13. The van der Waals surface area contributed by atoms with Crippen molar-refractivity contribution in [3.05, 3.63) is 76.9 Å². The van der Waals surface area contributed by atoms with E-state index in [4.69, 9.17) is 14.2 Å². The molecule has 1 unspecified atom stereocenters. The molecule has 0 aromatic heterocycles. The van der Waals surface area contributed by atoms with Crippen molar-refractivity contribution >= 4 is 21.6 Å². The molecule has 4 rings (SSSR count). The van der Waals surface area contributed by atoms with Crippen LogP contribution in [-0.2, 0) is 21.2 Å². The van der Waals surface area contributed by atoms with Gasteiger partial charge in [0.15, 0.2) is 11.5 Å². The first-order valence-corrected chi connectivity index (χ1v) is 13.9. The van der Waals surface area contributed by atoms with Crippen molar-refractivity contribution in [3.63, 3.8) is 0 Å². The van der Waals surface area contributed by atoms with E-state index in [1.807, 2.05) is 38.1 Å². The lowest BCUT2D eigenvalue weighted by Gasteiger charge is -2.29. The lowest BCUT2D eigenvalue weighted by Crippen LogP contribution is -2.42. The summed E-state index contributed by atoms with van der Waals surface area (Å²) in [7, 11) is 0.428. The summed E-state index contributed by atoms with van der Waals surface area (Å²) in [6.45, 7) is 3.41. The first kappa shape index (κ1) is 27.3. The molecule has 9 heteroatoms. The number of carbonyl (C=O) groups is 1. The SMILES string of the molecule is COc1ccc2c(c1)CCCC2NC(=O)CN(c1cc(C)cc(C)c1)S(=O)(=O)c1ccc(OC)c(OC)c1. The molecule has 0 spiro atoms. The largest absolute Gasteiger partial charge is 0.497 e. The normalized spacial score (nSPS) is 14.8. The number of hydrogen-bond acceptors (Lipinski definition) is 6. The molecule has 8 nitrogen and oxygen atoms in total. The third kappa shape index (κ3) is 5.72. The summed E-state index contributed by atoms with van der Waals surface area (Å²) in [6.07, 6.45) is 2.59. The van der Waals surface area contributed by atoms with Crippen molar-refractivity contribution in [2.24, 2.45) is 0 Å². The molecule has 1 aliphatic carbocycles. The molecule has 1 atom stereocenters. The minimum Gasteiger partial charge on any atom is -0.497 e. The van der Waals surface area contributed by atoms with Gasteiger partial charge in [-0.3, -0.25) is 9.10 Å². The van der Waals surface area contributed by atoms with E-state index in [1.54, 1.807) is 25.3 Å². The monoisotopic (exact) mass is 538 g/mol. The van der Waals surface area contributed by atoms with Crippen LogP contribution in [-0.4, -0.2) is 42.2 Å². The van der Waals surface area contributed by atoms with Crippen molar-refractivity contribution in [3.8, 4) is 17.2 Å². The van der Waals surface area contributed by atoms with Crippen LogP contribution in [0.4, 0.5) is 5.69 Å². The Labute approximate surface area is 224 Å². The number of ether oxygens (including phenoxy) is 3. The summed E-state index contributed by atoms with van der Waals surface area (Å²) in [5.74, 6) is 1.09. The highest BCUT2D eigenvalue weighted by atomic mass is 32.2. The van der Waals surface area contributed by atoms with Gasteiger partial charge < -0.3 is 19.5 Å². The zero-order valence-electron chi connectivity index (χ0n) is 22.4. The number of sulfonamides is 1. The van der Waals surface area contributed by atoms with Crippen LogP contribution in [0.2, 0.25) is 0 Å². The second-order valence-corrected chi connectivity index (χ2v) is 11.3. The maximum absolute atomic E-state index is 14.0. The van der Waals surface area contributed by atoms with Crippen LogP contribution < -0.4 is 23.8 Å². The van der Waals surface area contributed by atoms with Gasteiger partial charge in [-0.2, -0.15) is 0 Å². The van der Waals surface area contributed by atoms with Crippen LogP contribution in [0.15, 0.2) is 59.5 Å². The number of rotatable bonds is 9. The van der Waals surface area contributed by atoms with Crippen LogP contribution in [0.5, 0.6) is 17.2 Å². The molecule has 38 heavy (non-hydrogen) atoms. The van der Waals surface area contributed by atoms with Crippen LogP contribution >= 0.6 is 0 Å². The second kappa shape index (κ2) is 11.3. The number of nitrogens with one attached hydrogen (secondary N) is 1. The maximum atomic E-state index is 14.0. The molecule has 1 aliphatic rings. The lowest BCUT2D eigenvalue weighted by molar-refractivity contribution is -0.120. The van der Waals surface area contributed by atoms with E-state index in [2.05, 4.69) is 5.32 Å². The number of methoxy groups -OCH3 is 3. The van der Waals surface area contributed by atoms with Crippen LogP contribution in [0.25, 0.3) is 0 Å². The summed E-state index contributed by atoms with van der Waals surface area (Å²) >= 11 is 0. The Morgan fingerprint density at radius 2 is 1.63 bits per heavy atom. The summed E-state index contributed by atoms with van der Waals surface area (Å²) in [5, 5.41) is 3.08. The summed E-state index contributed by atoms with van der Waals surface area (Å²) < 4.78 is 45.0. The van der Waals surface area contributed by atoms with Gasteiger partial charge in [-0.15, -0.1) is 0 Å². The van der Waals surface area contributed by atoms with E-state index in [0.717, 1.165) is 51.6 Å². The van der Waals surface area contributed by atoms with Crippen molar-refractivity contribution in [1.29, 1.82) is 0 Å². The third-order valence-corrected chi connectivity index (χ3v) is 8.49. The molecule has 1 N–H and O–H groups in total. The molecule has 0 saturated carbocycles. The Morgan fingerprint density at radius 3 is 2.29 bits per heavy atom. The van der Waals surface area contributed by atoms with E-state index in [0.29, 0.717) is 11.4 Å². The van der Waals surface area contributed by atoms with E-state index >= 15 is 0 Å². The summed E-state index contributed by atoms with van der Waals surface area (Å²) in [4.78, 5) is 13.4. The van der Waals surface area contributed by atoms with Gasteiger partial charge in [0.1, 0.15) is 12.3 Å². The standard InChI is InChI=1S/C29H34N2O6S/c1-19-13-20(2)15-22(14-19)31(38(33,34)24-10-12-27(36-4)28(17-24)37-5)18-29(32)30-26-8-6-7-21-16-23(35-3)9-11-25(21)26/h9-17,26H,6-8,18H2,1-5H3,(H,30,32). The molecular formula is C29H34N2O6S. The topological polar surface area (TPSA) is 94.2 Å². The Kier molecular flexibility index (Phi) is 8.16. The molecule has 0 saturated heterocycles. The minimum absolute atomic E-state index is 0.00258. The quantitative estimate of drug-likeness (QED) is 0.424. The highest BCUT2D eigenvalue weighted by Crippen LogP contribution is 2.34. The van der Waals surface area contributed by atoms with Crippen LogP contribution in [0.1, 0.15) is 41.1 Å². The van der Waals surface area contributed by atoms with E-state index in [1.165, 1.54) is 26.4 Å². The number of carbonyl (C=O) groups excluding carboxylic acids is 1. The van der Waals surface area contributed by atoms with Crippen molar-refractivity contribution in [1.82, 2.24) is 5.32 Å². The highest BCUT2D eigenvalue weighted by molar-refractivity contribution is 7.92. The molecule has 0 radical (unpaired) electrons. The van der Waals surface area contributed by atoms with Gasteiger partial charge in [-0.05, 0) is 91.8 Å². The maximum Gasteiger partial charge on any atom is 0.264 e. The number of aryl methyl sites for hydroxylation is 3. The number of amides is 1. The molecule has 0 aliphatic heterocycles. The Hall–Kier alpha value is -3.72. The number of hydrogen-bond donors (Lipinski definition) is 1. The van der Waals surface area contributed by atoms with Gasteiger partial charge in [0.25, 0.3) is 10.0 Å². The molecule has 1 amide bonds. The fourth-order valence-corrected chi connectivity index (χ4v) is 6.37. The molecule has 0 bridgehead atoms. The van der Waals surface area contributed by atoms with Gasteiger partial charge in [0, 0.05) is 6.07 Å². The van der Waals surface area contributed by atoms with E-state index in [-0.39, 0.29) is 29.1 Å². The fourth-order valence-electron chi connectivity index (χ4n) is 4.95. The molecule has 3 aromatic carbocycles.